The summed E-state index contributed by atoms with van der Waals surface area (Å²) in [5.41, 5.74) is 1.54. The molecule has 2 aromatic rings. The van der Waals surface area contributed by atoms with Gasteiger partial charge in [0.2, 0.25) is 0 Å². The van der Waals surface area contributed by atoms with Crippen molar-refractivity contribution in [3.8, 4) is 17.6 Å². The van der Waals surface area contributed by atoms with Crippen LogP contribution in [0.25, 0.3) is 0 Å². The Morgan fingerprint density at radius 2 is 1.89 bits per heavy atom. The van der Waals surface area contributed by atoms with E-state index in [1.54, 1.807) is 36.4 Å². The number of hydrogen-bond donors (Lipinski definition) is 2. The summed E-state index contributed by atoms with van der Waals surface area (Å²) in [7, 11) is 0. The van der Waals surface area contributed by atoms with Gasteiger partial charge in [0.15, 0.2) is 11.5 Å². The second kappa shape index (κ2) is 5.02. The summed E-state index contributed by atoms with van der Waals surface area (Å²) in [5, 5.41) is 27.7. The van der Waals surface area contributed by atoms with E-state index in [9.17, 15) is 10.2 Å². The molecule has 2 N–H and O–H groups in total. The van der Waals surface area contributed by atoms with Gasteiger partial charge in [-0.1, -0.05) is 12.1 Å². The maximum absolute atomic E-state index is 9.58. The SMILES string of the molecule is N#Cc1cccc(N=Cc2cccc(O)c2O)c1. The topological polar surface area (TPSA) is 76.6 Å². The first-order chi connectivity index (χ1) is 8.70. The molecule has 0 fully saturated rings. The molecule has 0 saturated heterocycles. The summed E-state index contributed by atoms with van der Waals surface area (Å²) >= 11 is 0. The first kappa shape index (κ1) is 11.7. The third-order valence-corrected chi connectivity index (χ3v) is 2.37. The zero-order valence-electron chi connectivity index (χ0n) is 9.41. The number of benzene rings is 2. The van der Waals surface area contributed by atoms with Crippen LogP contribution in [0, 0.1) is 11.3 Å². The smallest absolute Gasteiger partial charge is 0.166 e. The Hall–Kier alpha value is -2.80. The van der Waals surface area contributed by atoms with Gasteiger partial charge in [-0.2, -0.15) is 5.26 Å². The van der Waals surface area contributed by atoms with Gasteiger partial charge >= 0.3 is 0 Å². The number of nitriles is 1. The van der Waals surface area contributed by atoms with Crippen LogP contribution in [0.5, 0.6) is 11.5 Å². The van der Waals surface area contributed by atoms with Crippen molar-refractivity contribution in [2.45, 2.75) is 0 Å². The highest BCUT2D eigenvalue weighted by Crippen LogP contribution is 2.27. The molecule has 0 saturated carbocycles. The van der Waals surface area contributed by atoms with Gasteiger partial charge in [-0.3, -0.25) is 4.99 Å². The van der Waals surface area contributed by atoms with E-state index in [0.29, 0.717) is 16.8 Å². The van der Waals surface area contributed by atoms with Gasteiger partial charge in [0.1, 0.15) is 0 Å². The van der Waals surface area contributed by atoms with E-state index >= 15 is 0 Å². The number of phenols is 2. The fraction of sp³-hybridized carbons (Fsp3) is 0. The highest BCUT2D eigenvalue weighted by atomic mass is 16.3. The van der Waals surface area contributed by atoms with Crippen LogP contribution in [0.15, 0.2) is 47.5 Å². The Labute approximate surface area is 104 Å². The Morgan fingerprint density at radius 1 is 1.11 bits per heavy atom. The highest BCUT2D eigenvalue weighted by Gasteiger charge is 2.02. The molecule has 0 unspecified atom stereocenters. The van der Waals surface area contributed by atoms with Crippen molar-refractivity contribution in [2.75, 3.05) is 0 Å². The molecule has 0 aliphatic heterocycles. The molecule has 0 bridgehead atoms. The summed E-state index contributed by atoms with van der Waals surface area (Å²) in [4.78, 5) is 4.14. The summed E-state index contributed by atoms with van der Waals surface area (Å²) in [6, 6.07) is 13.5. The number of phenolic OH excluding ortho intramolecular Hbond substituents is 2. The minimum atomic E-state index is -0.210. The lowest BCUT2D eigenvalue weighted by Gasteiger charge is -2.00. The van der Waals surface area contributed by atoms with Crippen molar-refractivity contribution < 1.29 is 10.2 Å². The van der Waals surface area contributed by atoms with E-state index in [2.05, 4.69) is 4.99 Å². The van der Waals surface area contributed by atoms with Gasteiger partial charge in [-0.15, -0.1) is 0 Å². The van der Waals surface area contributed by atoms with E-state index in [1.165, 1.54) is 12.3 Å². The predicted octanol–water partition coefficient (Wildman–Crippen LogP) is 2.72. The van der Waals surface area contributed by atoms with Crippen LogP contribution in [-0.4, -0.2) is 16.4 Å². The van der Waals surface area contributed by atoms with E-state index in [-0.39, 0.29) is 11.5 Å². The predicted molar refractivity (Wildman–Crippen MR) is 68.2 cm³/mol. The second-order valence-electron chi connectivity index (χ2n) is 3.64. The fourth-order valence-corrected chi connectivity index (χ4v) is 1.45. The number of hydrogen-bond acceptors (Lipinski definition) is 4. The molecule has 0 heterocycles. The molecule has 2 rings (SSSR count). The van der Waals surface area contributed by atoms with Crippen molar-refractivity contribution in [1.82, 2.24) is 0 Å². The van der Waals surface area contributed by atoms with E-state index in [1.807, 2.05) is 6.07 Å². The third kappa shape index (κ3) is 2.47. The van der Waals surface area contributed by atoms with Gasteiger partial charge in [0.05, 0.1) is 17.3 Å². The molecule has 0 atom stereocenters. The lowest BCUT2D eigenvalue weighted by molar-refractivity contribution is 0.403. The van der Waals surface area contributed by atoms with Crippen LogP contribution in [0.1, 0.15) is 11.1 Å². The van der Waals surface area contributed by atoms with Crippen molar-refractivity contribution in [1.29, 1.82) is 5.26 Å². The van der Waals surface area contributed by atoms with Crippen LogP contribution >= 0.6 is 0 Å². The number of aliphatic imine (C=N–C) groups is 1. The molecule has 18 heavy (non-hydrogen) atoms. The molecule has 0 aliphatic carbocycles. The summed E-state index contributed by atoms with van der Waals surface area (Å²) in [5.74, 6) is -0.401. The van der Waals surface area contributed by atoms with E-state index in [0.717, 1.165) is 0 Å². The molecule has 0 aliphatic rings. The first-order valence-corrected chi connectivity index (χ1v) is 5.26. The summed E-state index contributed by atoms with van der Waals surface area (Å²) < 4.78 is 0. The molecular formula is C14H10N2O2. The number of rotatable bonds is 2. The van der Waals surface area contributed by atoms with Gasteiger partial charge in [0.25, 0.3) is 0 Å². The maximum atomic E-state index is 9.58. The number of nitrogens with zero attached hydrogens (tertiary/aromatic N) is 2. The zero-order chi connectivity index (χ0) is 13.0. The van der Waals surface area contributed by atoms with Crippen molar-refractivity contribution >= 4 is 11.9 Å². The molecule has 0 spiro atoms. The Bertz CT molecular complexity index is 642. The van der Waals surface area contributed by atoms with Gasteiger partial charge in [-0.05, 0) is 30.3 Å². The average Bonchev–Trinajstić information content (AvgIpc) is 2.41. The standard InChI is InChI=1S/C14H10N2O2/c15-8-10-3-1-5-12(7-10)16-9-11-4-2-6-13(17)14(11)18/h1-7,9,17-18H. The maximum Gasteiger partial charge on any atom is 0.166 e. The van der Waals surface area contributed by atoms with E-state index in [4.69, 9.17) is 5.26 Å². The molecule has 88 valence electrons. The largest absolute Gasteiger partial charge is 0.504 e. The van der Waals surface area contributed by atoms with Crippen molar-refractivity contribution in [3.05, 3.63) is 53.6 Å². The zero-order valence-corrected chi connectivity index (χ0v) is 9.41. The minimum absolute atomic E-state index is 0.190. The van der Waals surface area contributed by atoms with Crippen LogP contribution in [0.3, 0.4) is 0 Å². The second-order valence-corrected chi connectivity index (χ2v) is 3.64. The van der Waals surface area contributed by atoms with Gasteiger partial charge in [0, 0.05) is 11.8 Å². The van der Waals surface area contributed by atoms with Gasteiger partial charge < -0.3 is 10.2 Å². The van der Waals surface area contributed by atoms with Crippen LogP contribution in [-0.2, 0) is 0 Å². The van der Waals surface area contributed by atoms with Crippen LogP contribution in [0.2, 0.25) is 0 Å². The Morgan fingerprint density at radius 3 is 2.67 bits per heavy atom. The molecule has 0 amide bonds. The molecule has 2 aromatic carbocycles. The lowest BCUT2D eigenvalue weighted by atomic mass is 10.2. The minimum Gasteiger partial charge on any atom is -0.504 e. The monoisotopic (exact) mass is 238 g/mol. The number of aromatic hydroxyl groups is 2. The number of para-hydroxylation sites is 1. The molecule has 4 nitrogen and oxygen atoms in total. The first-order valence-electron chi connectivity index (χ1n) is 5.26. The lowest BCUT2D eigenvalue weighted by Crippen LogP contribution is -1.82. The molecular weight excluding hydrogens is 228 g/mol. The fourth-order valence-electron chi connectivity index (χ4n) is 1.45. The van der Waals surface area contributed by atoms with Crippen molar-refractivity contribution in [3.63, 3.8) is 0 Å². The van der Waals surface area contributed by atoms with Crippen LogP contribution in [0.4, 0.5) is 5.69 Å². The molecule has 4 heteroatoms. The van der Waals surface area contributed by atoms with E-state index < -0.39 is 0 Å². The highest BCUT2D eigenvalue weighted by molar-refractivity contribution is 5.86. The normalized spacial score (nSPS) is 10.4. The summed E-state index contributed by atoms with van der Waals surface area (Å²) in [6.45, 7) is 0. The molecule has 0 aromatic heterocycles. The quantitative estimate of drug-likeness (QED) is 0.623. The Balaban J connectivity index is 2.30. The molecule has 0 radical (unpaired) electrons. The Kier molecular flexibility index (Phi) is 3.26. The van der Waals surface area contributed by atoms with Crippen LogP contribution < -0.4 is 0 Å². The van der Waals surface area contributed by atoms with Crippen molar-refractivity contribution in [2.24, 2.45) is 4.99 Å². The summed E-state index contributed by atoms with van der Waals surface area (Å²) in [6.07, 6.45) is 1.44. The average molecular weight is 238 g/mol. The third-order valence-electron chi connectivity index (χ3n) is 2.37. The van der Waals surface area contributed by atoms with Gasteiger partial charge in [-0.25, -0.2) is 0 Å².